The van der Waals surface area contributed by atoms with Gasteiger partial charge in [-0.15, -0.1) is 0 Å². The Balaban J connectivity index is 2.68. The van der Waals surface area contributed by atoms with Gasteiger partial charge in [-0.25, -0.2) is 13.6 Å². The molecule has 0 saturated carbocycles. The zero-order valence-corrected chi connectivity index (χ0v) is 8.31. The molecule has 0 atom stereocenters. The number of aromatic nitrogens is 2. The Morgan fingerprint density at radius 3 is 2.73 bits per heavy atom. The van der Waals surface area contributed by atoms with E-state index in [1.54, 1.807) is 0 Å². The van der Waals surface area contributed by atoms with Gasteiger partial charge in [-0.1, -0.05) is 5.16 Å². The lowest BCUT2D eigenvalue weighted by Gasteiger charge is -2.02. The van der Waals surface area contributed by atoms with Gasteiger partial charge >= 0.3 is 0 Å². The summed E-state index contributed by atoms with van der Waals surface area (Å²) >= 11 is 0. The molecule has 6 nitrogen and oxygen atoms in total. The molecule has 0 amide bonds. The monoisotopic (exact) mass is 225 g/mol. The number of hydrogen-bond donors (Lipinski definition) is 1. The van der Waals surface area contributed by atoms with Crippen molar-refractivity contribution >= 4 is 10.0 Å². The predicted molar refractivity (Wildman–Crippen MR) is 51.1 cm³/mol. The van der Waals surface area contributed by atoms with Crippen molar-refractivity contribution in [3.63, 3.8) is 0 Å². The summed E-state index contributed by atoms with van der Waals surface area (Å²) in [6.07, 6.45) is 2.79. The van der Waals surface area contributed by atoms with Crippen molar-refractivity contribution in [2.75, 3.05) is 0 Å². The molecule has 0 fully saturated rings. The van der Waals surface area contributed by atoms with E-state index in [2.05, 4.69) is 14.7 Å². The summed E-state index contributed by atoms with van der Waals surface area (Å²) in [5.74, 6) is 0. The van der Waals surface area contributed by atoms with Crippen LogP contribution in [0.2, 0.25) is 0 Å². The lowest BCUT2D eigenvalue weighted by molar-refractivity contribution is 0.422. The Hall–Kier alpha value is -1.73. The van der Waals surface area contributed by atoms with Crippen LogP contribution in [-0.4, -0.2) is 18.6 Å². The van der Waals surface area contributed by atoms with Crippen LogP contribution in [0.25, 0.3) is 11.4 Å². The van der Waals surface area contributed by atoms with Crippen LogP contribution < -0.4 is 5.14 Å². The van der Waals surface area contributed by atoms with E-state index in [1.165, 1.54) is 30.7 Å². The van der Waals surface area contributed by atoms with Crippen LogP contribution in [0.5, 0.6) is 0 Å². The summed E-state index contributed by atoms with van der Waals surface area (Å²) in [7, 11) is -3.80. The Kier molecular flexibility index (Phi) is 2.25. The fourth-order valence-electron chi connectivity index (χ4n) is 1.15. The van der Waals surface area contributed by atoms with Crippen molar-refractivity contribution in [2.45, 2.75) is 4.90 Å². The fourth-order valence-corrected chi connectivity index (χ4v) is 1.84. The highest BCUT2D eigenvalue weighted by Gasteiger charge is 2.17. The first-order valence-corrected chi connectivity index (χ1v) is 5.52. The molecule has 78 valence electrons. The van der Waals surface area contributed by atoms with Gasteiger partial charge < -0.3 is 4.52 Å². The number of sulfonamides is 1. The fraction of sp³-hybridized carbons (Fsp3) is 0. The number of nitrogens with two attached hydrogens (primary N) is 1. The Bertz CT molecular complexity index is 563. The molecule has 0 radical (unpaired) electrons. The maximum Gasteiger partial charge on any atom is 0.240 e. The molecular formula is C8H7N3O3S. The lowest BCUT2D eigenvalue weighted by Crippen LogP contribution is -2.14. The van der Waals surface area contributed by atoms with Gasteiger partial charge in [0, 0.05) is 12.3 Å². The van der Waals surface area contributed by atoms with Crippen LogP contribution in [0.3, 0.4) is 0 Å². The molecule has 0 spiro atoms. The second-order valence-corrected chi connectivity index (χ2v) is 4.31. The summed E-state index contributed by atoms with van der Waals surface area (Å²) in [6, 6.07) is 4.37. The third-order valence-electron chi connectivity index (χ3n) is 1.76. The Morgan fingerprint density at radius 2 is 2.13 bits per heavy atom. The lowest BCUT2D eigenvalue weighted by atomic mass is 10.3. The molecule has 0 aliphatic carbocycles. The summed E-state index contributed by atoms with van der Waals surface area (Å²) in [6.45, 7) is 0. The molecule has 2 heterocycles. The Labute approximate surface area is 85.8 Å². The molecule has 0 saturated heterocycles. The normalized spacial score (nSPS) is 11.5. The molecule has 0 unspecified atom stereocenters. The minimum absolute atomic E-state index is 0.0705. The molecule has 0 aromatic carbocycles. The van der Waals surface area contributed by atoms with Gasteiger partial charge in [-0.3, -0.25) is 4.98 Å². The highest BCUT2D eigenvalue weighted by molar-refractivity contribution is 7.89. The van der Waals surface area contributed by atoms with Crippen LogP contribution in [0.1, 0.15) is 0 Å². The van der Waals surface area contributed by atoms with Crippen molar-refractivity contribution in [2.24, 2.45) is 5.14 Å². The molecule has 2 aromatic rings. The van der Waals surface area contributed by atoms with E-state index in [1.807, 2.05) is 0 Å². The first kappa shape index (κ1) is 9.81. The molecule has 2 N–H and O–H groups in total. The third-order valence-corrected chi connectivity index (χ3v) is 2.70. The van der Waals surface area contributed by atoms with Gasteiger partial charge in [0.2, 0.25) is 10.0 Å². The molecular weight excluding hydrogens is 218 g/mol. The van der Waals surface area contributed by atoms with Crippen molar-refractivity contribution in [1.29, 1.82) is 0 Å². The van der Waals surface area contributed by atoms with Crippen molar-refractivity contribution in [1.82, 2.24) is 10.1 Å². The van der Waals surface area contributed by atoms with Crippen molar-refractivity contribution in [3.8, 4) is 11.4 Å². The molecule has 0 aliphatic heterocycles. The van der Waals surface area contributed by atoms with E-state index in [0.29, 0.717) is 5.69 Å². The Morgan fingerprint density at radius 1 is 1.33 bits per heavy atom. The number of rotatable bonds is 2. The van der Waals surface area contributed by atoms with Crippen LogP contribution in [0.4, 0.5) is 0 Å². The van der Waals surface area contributed by atoms with E-state index < -0.39 is 10.0 Å². The minimum Gasteiger partial charge on any atom is -0.364 e. The van der Waals surface area contributed by atoms with Gasteiger partial charge in [0.05, 0.1) is 0 Å². The maximum absolute atomic E-state index is 11.2. The van der Waals surface area contributed by atoms with Crippen molar-refractivity contribution < 1.29 is 12.9 Å². The average Bonchev–Trinajstić information content (AvgIpc) is 2.69. The molecule has 7 heteroatoms. The first-order chi connectivity index (χ1) is 7.09. The standard InChI is InChI=1S/C8H7N3O3S/c9-15(12,13)7-2-1-4-10-8(7)6-3-5-14-11-6/h1-5H,(H2,9,12,13). The summed E-state index contributed by atoms with van der Waals surface area (Å²) < 4.78 is 27.1. The van der Waals surface area contributed by atoms with Gasteiger partial charge in [0.15, 0.2) is 0 Å². The molecule has 0 bridgehead atoms. The third kappa shape index (κ3) is 1.88. The van der Waals surface area contributed by atoms with Gasteiger partial charge in [-0.05, 0) is 12.1 Å². The zero-order valence-electron chi connectivity index (χ0n) is 7.49. The van der Waals surface area contributed by atoms with Gasteiger partial charge in [0.25, 0.3) is 0 Å². The maximum atomic E-state index is 11.2. The van der Waals surface area contributed by atoms with Crippen LogP contribution in [0.15, 0.2) is 40.1 Å². The van der Waals surface area contributed by atoms with E-state index in [9.17, 15) is 8.42 Å². The minimum atomic E-state index is -3.80. The highest BCUT2D eigenvalue weighted by atomic mass is 32.2. The van der Waals surface area contributed by atoms with E-state index >= 15 is 0 Å². The molecule has 2 rings (SSSR count). The van der Waals surface area contributed by atoms with E-state index in [-0.39, 0.29) is 10.6 Å². The second kappa shape index (κ2) is 3.44. The predicted octanol–water partition coefficient (Wildman–Crippen LogP) is 0.384. The largest absolute Gasteiger partial charge is 0.364 e. The topological polar surface area (TPSA) is 99.1 Å². The van der Waals surface area contributed by atoms with Crippen LogP contribution in [0, 0.1) is 0 Å². The number of primary sulfonamides is 1. The number of nitrogens with zero attached hydrogens (tertiary/aromatic N) is 2. The van der Waals surface area contributed by atoms with Crippen molar-refractivity contribution in [3.05, 3.63) is 30.7 Å². The van der Waals surface area contributed by atoms with E-state index in [4.69, 9.17) is 5.14 Å². The summed E-state index contributed by atoms with van der Waals surface area (Å²) in [5, 5.41) is 8.64. The second-order valence-electron chi connectivity index (χ2n) is 2.78. The summed E-state index contributed by atoms with van der Waals surface area (Å²) in [4.78, 5) is 3.84. The highest BCUT2D eigenvalue weighted by Crippen LogP contribution is 2.21. The first-order valence-electron chi connectivity index (χ1n) is 3.97. The molecule has 15 heavy (non-hydrogen) atoms. The van der Waals surface area contributed by atoms with E-state index in [0.717, 1.165) is 0 Å². The number of pyridine rings is 1. The quantitative estimate of drug-likeness (QED) is 0.796. The zero-order chi connectivity index (χ0) is 10.9. The molecule has 0 aliphatic rings. The van der Waals surface area contributed by atoms with Gasteiger partial charge in [-0.2, -0.15) is 0 Å². The SMILES string of the molecule is NS(=O)(=O)c1cccnc1-c1ccon1. The van der Waals surface area contributed by atoms with Gasteiger partial charge in [0.1, 0.15) is 22.5 Å². The average molecular weight is 225 g/mol. The number of hydrogen-bond acceptors (Lipinski definition) is 5. The molecule has 2 aromatic heterocycles. The smallest absolute Gasteiger partial charge is 0.240 e. The van der Waals surface area contributed by atoms with Crippen LogP contribution in [-0.2, 0) is 10.0 Å². The van der Waals surface area contributed by atoms with Crippen LogP contribution >= 0.6 is 0 Å². The summed E-state index contributed by atoms with van der Waals surface area (Å²) in [5.41, 5.74) is 0.522.